The maximum absolute atomic E-state index is 9.65. The van der Waals surface area contributed by atoms with Crippen molar-refractivity contribution >= 4 is 80.1 Å². The van der Waals surface area contributed by atoms with E-state index < -0.39 is 10.8 Å². The molecule has 0 saturated heterocycles. The molecule has 0 heterocycles. The average Bonchev–Trinajstić information content (AvgIpc) is 1.36. The summed E-state index contributed by atoms with van der Waals surface area (Å²) in [5.74, 6) is -0.824. The fourth-order valence-electron chi connectivity index (χ4n) is 0. The summed E-state index contributed by atoms with van der Waals surface area (Å²) in [6, 6.07) is 0. The van der Waals surface area contributed by atoms with Gasteiger partial charge in [0.05, 0.1) is 0 Å². The molecule has 0 aromatic heterocycles. The molecule has 1 unspecified atom stereocenters. The number of hydrogen-bond acceptors (Lipinski definition) is 1. The third-order valence-electron chi connectivity index (χ3n) is 0.340. The number of alkyl halides is 1. The molecule has 0 aliphatic heterocycles. The molecule has 0 spiro atoms. The Labute approximate surface area is 99.6 Å². The summed E-state index contributed by atoms with van der Waals surface area (Å²) in [4.78, 5) is 9.23. The van der Waals surface area contributed by atoms with Gasteiger partial charge < -0.3 is 5.11 Å². The van der Waals surface area contributed by atoms with Crippen LogP contribution in [-0.2, 0) is 4.79 Å². The van der Waals surface area contributed by atoms with Crippen LogP contribution >= 0.6 is 15.9 Å². The minimum atomic E-state index is -0.824. The second-order valence-corrected chi connectivity index (χ2v) is 2.33. The first-order valence-electron chi connectivity index (χ1n) is 1.51. The van der Waals surface area contributed by atoms with Gasteiger partial charge in [0.15, 0.2) is 0 Å². The topological polar surface area (TPSA) is 37.3 Å². The summed E-state index contributed by atoms with van der Waals surface area (Å²) in [5, 5.41) is 7.94. The molecule has 37 valence electrons. The molecule has 1 N–H and O–H groups in total. The van der Waals surface area contributed by atoms with Gasteiger partial charge in [0, 0.05) is 58.2 Å². The Hall–Kier alpha value is 1.76. The van der Waals surface area contributed by atoms with Crippen LogP contribution in [0.4, 0.5) is 0 Å². The van der Waals surface area contributed by atoms with Crippen molar-refractivity contribution in [2.45, 2.75) is 11.8 Å². The average molecular weight is 238 g/mol. The van der Waals surface area contributed by atoms with Crippen LogP contribution in [0, 0.1) is 0 Å². The number of hydrogen-bond donors (Lipinski definition) is 1. The molecule has 0 aliphatic carbocycles. The second-order valence-electron chi connectivity index (χ2n) is 0.954. The number of carbonyl (C=O) groups is 1. The van der Waals surface area contributed by atoms with Gasteiger partial charge in [-0.2, -0.15) is 0 Å². The van der Waals surface area contributed by atoms with Gasteiger partial charge >= 0.3 is 5.97 Å². The van der Waals surface area contributed by atoms with Gasteiger partial charge in [-0.25, -0.2) is 0 Å². The number of rotatable bonds is 1. The molecule has 0 aliphatic rings. The first-order valence-corrected chi connectivity index (χ1v) is 2.43. The predicted molar refractivity (Wildman–Crippen MR) is 31.8 cm³/mol. The predicted octanol–water partition coefficient (Wildman–Crippen LogP) is 0.474. The number of carboxylic acids is 1. The zero-order valence-electron chi connectivity index (χ0n) is 4.31. The van der Waals surface area contributed by atoms with Crippen molar-refractivity contribution in [2.24, 2.45) is 0 Å². The Morgan fingerprint density at radius 2 is 2.00 bits per heavy atom. The zero-order valence-corrected chi connectivity index (χ0v) is 10.8. The van der Waals surface area contributed by atoms with E-state index in [4.69, 9.17) is 5.11 Å². The van der Waals surface area contributed by atoms with Crippen molar-refractivity contribution in [3.8, 4) is 0 Å². The number of halogens is 1. The Morgan fingerprint density at radius 1 is 1.86 bits per heavy atom. The summed E-state index contributed by atoms with van der Waals surface area (Å²) in [7, 11) is 0. The summed E-state index contributed by atoms with van der Waals surface area (Å²) < 4.78 is 0. The van der Waals surface area contributed by atoms with Gasteiger partial charge in [0.25, 0.3) is 0 Å². The SMILES string of the molecule is CC(Br)C(=O)O.[Rb]. The van der Waals surface area contributed by atoms with Crippen LogP contribution in [0.25, 0.3) is 0 Å². The van der Waals surface area contributed by atoms with E-state index in [1.807, 2.05) is 0 Å². The molecule has 0 amide bonds. The van der Waals surface area contributed by atoms with Gasteiger partial charge in [0.1, 0.15) is 4.83 Å². The summed E-state index contributed by atoms with van der Waals surface area (Å²) in [6.07, 6.45) is 0. The molecular weight excluding hydrogens is 233 g/mol. The Bertz CT molecular complexity index is 64.0. The standard InChI is InChI=1S/C3H5BrO2.Rb/c1-2(4)3(5)6;/h2H,1H3,(H,5,6);. The quantitative estimate of drug-likeness (QED) is 0.675. The van der Waals surface area contributed by atoms with Crippen LogP contribution in [0.1, 0.15) is 6.92 Å². The van der Waals surface area contributed by atoms with E-state index in [0.29, 0.717) is 0 Å². The smallest absolute Gasteiger partial charge is 0.316 e. The van der Waals surface area contributed by atoms with Crippen LogP contribution in [0.15, 0.2) is 0 Å². The summed E-state index contributed by atoms with van der Waals surface area (Å²) in [5.41, 5.74) is 0. The van der Waals surface area contributed by atoms with Crippen molar-refractivity contribution in [2.75, 3.05) is 0 Å². The van der Waals surface area contributed by atoms with Crippen LogP contribution < -0.4 is 0 Å². The third kappa shape index (κ3) is 7.76. The molecule has 0 aromatic carbocycles. The molecule has 2 nitrogen and oxygen atoms in total. The van der Waals surface area contributed by atoms with Gasteiger partial charge in [-0.15, -0.1) is 0 Å². The molecule has 0 bridgehead atoms. The molecule has 1 radical (unpaired) electrons. The van der Waals surface area contributed by atoms with Crippen molar-refractivity contribution in [1.82, 2.24) is 0 Å². The Balaban J connectivity index is 0. The van der Waals surface area contributed by atoms with Crippen LogP contribution in [-0.4, -0.2) is 74.1 Å². The summed E-state index contributed by atoms with van der Waals surface area (Å²) in [6.45, 7) is 1.56. The van der Waals surface area contributed by atoms with E-state index in [1.54, 1.807) is 6.92 Å². The van der Waals surface area contributed by atoms with E-state index in [2.05, 4.69) is 15.9 Å². The third-order valence-corrected chi connectivity index (χ3v) is 0.732. The van der Waals surface area contributed by atoms with Crippen LogP contribution in [0.5, 0.6) is 0 Å². The molecule has 0 fully saturated rings. The van der Waals surface area contributed by atoms with Crippen LogP contribution in [0.3, 0.4) is 0 Å². The van der Waals surface area contributed by atoms with Crippen molar-refractivity contribution < 1.29 is 9.90 Å². The van der Waals surface area contributed by atoms with Crippen molar-refractivity contribution in [1.29, 1.82) is 0 Å². The fraction of sp³-hybridized carbons (Fsp3) is 0.667. The van der Waals surface area contributed by atoms with Gasteiger partial charge in [-0.3, -0.25) is 4.79 Å². The first kappa shape index (κ1) is 11.5. The molecule has 7 heavy (non-hydrogen) atoms. The first-order chi connectivity index (χ1) is 2.64. The zero-order chi connectivity index (χ0) is 5.15. The molecule has 0 aromatic rings. The molecule has 1 atom stereocenters. The number of carboxylic acid groups (broad SMARTS) is 1. The van der Waals surface area contributed by atoms with E-state index in [0.717, 1.165) is 0 Å². The monoisotopic (exact) mass is 237 g/mol. The van der Waals surface area contributed by atoms with E-state index in [-0.39, 0.29) is 58.2 Å². The second kappa shape index (κ2) is 5.88. The maximum Gasteiger partial charge on any atom is 0.316 e. The van der Waals surface area contributed by atoms with E-state index in [1.165, 1.54) is 0 Å². The van der Waals surface area contributed by atoms with E-state index >= 15 is 0 Å². The summed E-state index contributed by atoms with van der Waals surface area (Å²) >= 11 is 2.84. The van der Waals surface area contributed by atoms with E-state index in [9.17, 15) is 4.79 Å². The molecule has 4 heteroatoms. The molecule has 0 rings (SSSR count). The fourth-order valence-corrected chi connectivity index (χ4v) is 0. The van der Waals surface area contributed by atoms with Crippen molar-refractivity contribution in [3.05, 3.63) is 0 Å². The van der Waals surface area contributed by atoms with Gasteiger partial charge in [-0.1, -0.05) is 15.9 Å². The molecular formula is C3H5BrO2Rb. The Morgan fingerprint density at radius 3 is 2.00 bits per heavy atom. The Kier molecular flexibility index (Phi) is 9.70. The van der Waals surface area contributed by atoms with Gasteiger partial charge in [0.2, 0.25) is 0 Å². The largest absolute Gasteiger partial charge is 0.480 e. The van der Waals surface area contributed by atoms with Gasteiger partial charge in [-0.05, 0) is 6.92 Å². The maximum atomic E-state index is 9.65. The molecule has 0 saturated carbocycles. The van der Waals surface area contributed by atoms with Crippen molar-refractivity contribution in [3.63, 3.8) is 0 Å². The minimum absolute atomic E-state index is 0. The number of aliphatic carboxylic acids is 1. The normalized spacial score (nSPS) is 11.7. The minimum Gasteiger partial charge on any atom is -0.480 e. The van der Waals surface area contributed by atoms with Crippen LogP contribution in [0.2, 0.25) is 0 Å².